The Hall–Kier alpha value is -2.82. The molecule has 0 fully saturated rings. The van der Waals surface area contributed by atoms with Gasteiger partial charge >= 0.3 is 0 Å². The number of aromatic hydroxyl groups is 1. The summed E-state index contributed by atoms with van der Waals surface area (Å²) in [6.45, 7) is 5.17. The molecule has 0 saturated heterocycles. The molecule has 0 saturated carbocycles. The molecule has 2 heterocycles. The molecule has 1 aliphatic heterocycles. The van der Waals surface area contributed by atoms with Gasteiger partial charge in [-0.1, -0.05) is 48.9 Å². The van der Waals surface area contributed by atoms with Crippen molar-refractivity contribution in [3.63, 3.8) is 0 Å². The number of halogens is 1. The molecule has 4 aromatic rings. The molecule has 0 bridgehead atoms. The van der Waals surface area contributed by atoms with Crippen molar-refractivity contribution in [1.82, 2.24) is 9.88 Å². The van der Waals surface area contributed by atoms with Crippen LogP contribution in [0, 0.1) is 0 Å². The monoisotopic (exact) mass is 432 g/mol. The molecule has 5 rings (SSSR count). The van der Waals surface area contributed by atoms with E-state index in [1.54, 1.807) is 6.07 Å². The van der Waals surface area contributed by atoms with Crippen LogP contribution in [-0.2, 0) is 13.0 Å². The molecule has 0 spiro atoms. The van der Waals surface area contributed by atoms with Crippen molar-refractivity contribution >= 4 is 33.3 Å². The maximum Gasteiger partial charge on any atom is 0.176 e. The van der Waals surface area contributed by atoms with Crippen LogP contribution in [0.25, 0.3) is 32.9 Å². The summed E-state index contributed by atoms with van der Waals surface area (Å²) in [7, 11) is 1.54. The van der Waals surface area contributed by atoms with Crippen molar-refractivity contribution in [2.24, 2.45) is 0 Å². The van der Waals surface area contributed by atoms with Gasteiger partial charge in [0.2, 0.25) is 0 Å². The second-order valence-electron chi connectivity index (χ2n) is 8.13. The van der Waals surface area contributed by atoms with Crippen molar-refractivity contribution < 1.29 is 9.84 Å². The van der Waals surface area contributed by atoms with E-state index < -0.39 is 0 Å². The zero-order valence-electron chi connectivity index (χ0n) is 17.8. The Kier molecular flexibility index (Phi) is 5.20. The fourth-order valence-electron chi connectivity index (χ4n) is 4.78. The number of hydrogen-bond donors (Lipinski definition) is 1. The molecular weight excluding hydrogens is 408 g/mol. The lowest BCUT2D eigenvalue weighted by molar-refractivity contribution is 0.255. The minimum Gasteiger partial charge on any atom is -0.503 e. The van der Waals surface area contributed by atoms with Gasteiger partial charge in [0.1, 0.15) is 0 Å². The summed E-state index contributed by atoms with van der Waals surface area (Å²) in [5.74, 6) is 0.319. The normalized spacial score (nSPS) is 14.2. The van der Waals surface area contributed by atoms with E-state index in [9.17, 15) is 5.11 Å². The summed E-state index contributed by atoms with van der Waals surface area (Å²) in [6, 6.07) is 16.4. The summed E-state index contributed by atoms with van der Waals surface area (Å²) in [5.41, 5.74) is 5.38. The number of methoxy groups -OCH3 is 1. The largest absolute Gasteiger partial charge is 0.503 e. The standard InChI is InChI=1S/C26H25ClN2O2/c1-3-11-29-12-10-19-20(15-29)25(17-13-21(27)26(30)23(14-17)31-2)28-22-9-8-16-6-4-5-7-18(16)24(19)22/h4-9,13-14,30H,3,10-12,15H2,1-2H3. The summed E-state index contributed by atoms with van der Waals surface area (Å²) < 4.78 is 5.36. The smallest absolute Gasteiger partial charge is 0.176 e. The Morgan fingerprint density at radius 1 is 1.13 bits per heavy atom. The van der Waals surface area contributed by atoms with Gasteiger partial charge in [-0.25, -0.2) is 4.98 Å². The van der Waals surface area contributed by atoms with E-state index >= 15 is 0 Å². The van der Waals surface area contributed by atoms with Crippen LogP contribution in [0.5, 0.6) is 11.5 Å². The number of phenols is 1. The van der Waals surface area contributed by atoms with Gasteiger partial charge in [-0.3, -0.25) is 4.90 Å². The van der Waals surface area contributed by atoms with Gasteiger partial charge in [0.25, 0.3) is 0 Å². The molecule has 158 valence electrons. The molecule has 0 amide bonds. The van der Waals surface area contributed by atoms with Gasteiger partial charge in [-0.05, 0) is 59.5 Å². The summed E-state index contributed by atoms with van der Waals surface area (Å²) in [5, 5.41) is 14.2. The average molecular weight is 433 g/mol. The van der Waals surface area contributed by atoms with E-state index in [1.807, 2.05) is 6.07 Å². The predicted octanol–water partition coefficient (Wildman–Crippen LogP) is 6.19. The van der Waals surface area contributed by atoms with Crippen LogP contribution in [0.15, 0.2) is 48.5 Å². The lowest BCUT2D eigenvalue weighted by atomic mass is 9.89. The third-order valence-electron chi connectivity index (χ3n) is 6.21. The number of phenolic OH excluding ortho intramolecular Hbond substituents is 1. The topological polar surface area (TPSA) is 45.6 Å². The van der Waals surface area contributed by atoms with Crippen LogP contribution < -0.4 is 4.74 Å². The van der Waals surface area contributed by atoms with E-state index in [0.717, 1.165) is 49.2 Å². The molecule has 4 nitrogen and oxygen atoms in total. The highest BCUT2D eigenvalue weighted by Gasteiger charge is 2.25. The van der Waals surface area contributed by atoms with E-state index in [1.165, 1.54) is 34.4 Å². The molecule has 0 unspecified atom stereocenters. The minimum atomic E-state index is -0.0406. The van der Waals surface area contributed by atoms with Crippen molar-refractivity contribution in [2.45, 2.75) is 26.3 Å². The van der Waals surface area contributed by atoms with Gasteiger partial charge in [-0.15, -0.1) is 0 Å². The zero-order valence-corrected chi connectivity index (χ0v) is 18.5. The Labute approximate surface area is 187 Å². The second kappa shape index (κ2) is 8.03. The molecule has 3 aromatic carbocycles. The highest BCUT2D eigenvalue weighted by atomic mass is 35.5. The van der Waals surface area contributed by atoms with Crippen LogP contribution in [0.4, 0.5) is 0 Å². The van der Waals surface area contributed by atoms with Crippen molar-refractivity contribution in [3.05, 3.63) is 64.7 Å². The van der Waals surface area contributed by atoms with E-state index in [0.29, 0.717) is 5.75 Å². The predicted molar refractivity (Wildman–Crippen MR) is 127 cm³/mol. The van der Waals surface area contributed by atoms with E-state index in [2.05, 4.69) is 48.2 Å². The Morgan fingerprint density at radius 3 is 2.77 bits per heavy atom. The third-order valence-corrected chi connectivity index (χ3v) is 6.50. The number of ether oxygens (including phenoxy) is 1. The highest BCUT2D eigenvalue weighted by molar-refractivity contribution is 6.32. The zero-order chi connectivity index (χ0) is 21.5. The van der Waals surface area contributed by atoms with Gasteiger partial charge in [0, 0.05) is 24.0 Å². The number of fused-ring (bicyclic) bond motifs is 5. The summed E-state index contributed by atoms with van der Waals surface area (Å²) in [6.07, 6.45) is 2.10. The van der Waals surface area contributed by atoms with Crippen molar-refractivity contribution in [2.75, 3.05) is 20.2 Å². The van der Waals surface area contributed by atoms with Crippen LogP contribution in [0.2, 0.25) is 5.02 Å². The maximum absolute atomic E-state index is 10.2. The lowest BCUT2D eigenvalue weighted by Gasteiger charge is -2.31. The minimum absolute atomic E-state index is 0.0406. The molecule has 1 aliphatic rings. The SMILES string of the molecule is CCCN1CCc2c(c(-c3cc(Cl)c(O)c(OC)c3)nc3ccc4ccccc4c23)C1. The average Bonchev–Trinajstić information content (AvgIpc) is 2.80. The van der Waals surface area contributed by atoms with Crippen molar-refractivity contribution in [3.8, 4) is 22.8 Å². The number of hydrogen-bond acceptors (Lipinski definition) is 4. The number of aromatic nitrogens is 1. The quantitative estimate of drug-likeness (QED) is 0.390. The maximum atomic E-state index is 10.2. The van der Waals surface area contributed by atoms with Crippen LogP contribution in [0.1, 0.15) is 24.5 Å². The number of rotatable bonds is 4. The van der Waals surface area contributed by atoms with Gasteiger partial charge in [0.15, 0.2) is 11.5 Å². The molecule has 0 atom stereocenters. The van der Waals surface area contributed by atoms with E-state index in [4.69, 9.17) is 21.3 Å². The lowest BCUT2D eigenvalue weighted by Crippen LogP contribution is -2.32. The van der Waals surface area contributed by atoms with E-state index in [-0.39, 0.29) is 10.8 Å². The highest BCUT2D eigenvalue weighted by Crippen LogP contribution is 2.42. The molecule has 1 N–H and O–H groups in total. The van der Waals surface area contributed by atoms with Crippen LogP contribution in [-0.4, -0.2) is 35.2 Å². The van der Waals surface area contributed by atoms with Gasteiger partial charge < -0.3 is 9.84 Å². The second-order valence-corrected chi connectivity index (χ2v) is 8.54. The fourth-order valence-corrected chi connectivity index (χ4v) is 4.99. The molecule has 1 aromatic heterocycles. The number of pyridine rings is 1. The molecule has 5 heteroatoms. The molecular formula is C26H25ClN2O2. The Bertz CT molecular complexity index is 1300. The first kappa shape index (κ1) is 20.1. The van der Waals surface area contributed by atoms with Gasteiger partial charge in [-0.2, -0.15) is 0 Å². The molecule has 0 radical (unpaired) electrons. The van der Waals surface area contributed by atoms with Crippen LogP contribution in [0.3, 0.4) is 0 Å². The fraction of sp³-hybridized carbons (Fsp3) is 0.269. The first-order chi connectivity index (χ1) is 15.1. The number of nitrogens with zero attached hydrogens (tertiary/aromatic N) is 2. The van der Waals surface area contributed by atoms with Crippen LogP contribution >= 0.6 is 11.6 Å². The first-order valence-corrected chi connectivity index (χ1v) is 11.1. The third kappa shape index (κ3) is 3.40. The molecule has 0 aliphatic carbocycles. The molecule has 31 heavy (non-hydrogen) atoms. The van der Waals surface area contributed by atoms with Gasteiger partial charge in [0.05, 0.1) is 23.3 Å². The first-order valence-electron chi connectivity index (χ1n) is 10.7. The Morgan fingerprint density at radius 2 is 1.97 bits per heavy atom. The van der Waals surface area contributed by atoms with Crippen molar-refractivity contribution in [1.29, 1.82) is 0 Å². The number of benzene rings is 3. The Balaban J connectivity index is 1.82. The summed E-state index contributed by atoms with van der Waals surface area (Å²) in [4.78, 5) is 7.62. The summed E-state index contributed by atoms with van der Waals surface area (Å²) >= 11 is 6.34.